The van der Waals surface area contributed by atoms with Crippen LogP contribution in [0.15, 0.2) is 41.3 Å². The molecule has 0 aliphatic carbocycles. The molecule has 0 saturated carbocycles. The van der Waals surface area contributed by atoms with Crippen LogP contribution in [0.1, 0.15) is 20.7 Å². The van der Waals surface area contributed by atoms with E-state index < -0.39 is 39.1 Å². The van der Waals surface area contributed by atoms with Crippen LogP contribution in [0.5, 0.6) is 0 Å². The number of nitrogens with two attached hydrogens (primary N) is 1. The summed E-state index contributed by atoms with van der Waals surface area (Å²) in [6, 6.07) is 6.71. The van der Waals surface area contributed by atoms with Crippen molar-refractivity contribution in [2.75, 3.05) is 6.61 Å². The minimum Gasteiger partial charge on any atom is -0.454 e. The van der Waals surface area contributed by atoms with Crippen molar-refractivity contribution in [3.8, 4) is 0 Å². The van der Waals surface area contributed by atoms with E-state index in [0.717, 1.165) is 24.3 Å². The van der Waals surface area contributed by atoms with Gasteiger partial charge in [0.05, 0.1) is 15.6 Å². The summed E-state index contributed by atoms with van der Waals surface area (Å²) in [5.74, 6) is -2.32. The van der Waals surface area contributed by atoms with Crippen molar-refractivity contribution < 1.29 is 27.1 Å². The number of carbonyl (C=O) groups is 2. The molecule has 0 aliphatic rings. The van der Waals surface area contributed by atoms with Crippen LogP contribution >= 0.6 is 23.2 Å². The SMILES string of the molecule is NS(=O)(=O)c1cc(C(=O)OCC(=O)c2cccc(F)c2)c(Cl)cc1Cl. The van der Waals surface area contributed by atoms with Crippen molar-refractivity contribution in [1.82, 2.24) is 0 Å². The molecule has 0 amide bonds. The van der Waals surface area contributed by atoms with Crippen LogP contribution in [0.2, 0.25) is 10.0 Å². The van der Waals surface area contributed by atoms with Gasteiger partial charge in [-0.2, -0.15) is 0 Å². The molecule has 0 spiro atoms. The Balaban J connectivity index is 2.20. The van der Waals surface area contributed by atoms with Gasteiger partial charge in [-0.3, -0.25) is 4.79 Å². The quantitative estimate of drug-likeness (QED) is 0.608. The summed E-state index contributed by atoms with van der Waals surface area (Å²) >= 11 is 11.6. The summed E-state index contributed by atoms with van der Waals surface area (Å²) in [5.41, 5.74) is -0.317. The monoisotopic (exact) mass is 405 g/mol. The minimum absolute atomic E-state index is 0.0141. The van der Waals surface area contributed by atoms with Gasteiger partial charge in [0.25, 0.3) is 0 Å². The molecule has 2 rings (SSSR count). The highest BCUT2D eigenvalue weighted by atomic mass is 35.5. The number of primary sulfonamides is 1. The molecule has 6 nitrogen and oxygen atoms in total. The predicted octanol–water partition coefficient (Wildman–Crippen LogP) is 2.82. The van der Waals surface area contributed by atoms with Crippen LogP contribution in [0.25, 0.3) is 0 Å². The van der Waals surface area contributed by atoms with Gasteiger partial charge in [-0.25, -0.2) is 22.7 Å². The van der Waals surface area contributed by atoms with Gasteiger partial charge >= 0.3 is 5.97 Å². The lowest BCUT2D eigenvalue weighted by molar-refractivity contribution is 0.0474. The molecule has 2 N–H and O–H groups in total. The van der Waals surface area contributed by atoms with Crippen molar-refractivity contribution in [3.05, 3.63) is 63.4 Å². The number of hydrogen-bond acceptors (Lipinski definition) is 5. The normalized spacial score (nSPS) is 11.2. The fourth-order valence-electron chi connectivity index (χ4n) is 1.86. The molecule has 0 aliphatic heterocycles. The molecular formula is C15H10Cl2FNO5S. The van der Waals surface area contributed by atoms with Gasteiger partial charge in [-0.15, -0.1) is 0 Å². The molecular weight excluding hydrogens is 396 g/mol. The Morgan fingerprint density at radius 1 is 1.12 bits per heavy atom. The highest BCUT2D eigenvalue weighted by molar-refractivity contribution is 7.89. The molecule has 0 bridgehead atoms. The fraction of sp³-hybridized carbons (Fsp3) is 0.0667. The number of esters is 1. The second-order valence-corrected chi connectivity index (χ2v) is 7.16. The third-order valence-corrected chi connectivity index (χ3v) is 4.72. The summed E-state index contributed by atoms with van der Waals surface area (Å²) in [4.78, 5) is 23.4. The molecule has 0 aromatic heterocycles. The summed E-state index contributed by atoms with van der Waals surface area (Å²) in [6.45, 7) is -0.689. The van der Waals surface area contributed by atoms with Crippen molar-refractivity contribution in [2.24, 2.45) is 5.14 Å². The smallest absolute Gasteiger partial charge is 0.340 e. The molecule has 0 unspecified atom stereocenters. The maximum absolute atomic E-state index is 13.1. The number of hydrogen-bond donors (Lipinski definition) is 1. The van der Waals surface area contributed by atoms with Gasteiger partial charge in [-0.1, -0.05) is 35.3 Å². The minimum atomic E-state index is -4.19. The van der Waals surface area contributed by atoms with Gasteiger partial charge in [0.15, 0.2) is 12.4 Å². The molecule has 0 heterocycles. The second kappa shape index (κ2) is 7.49. The van der Waals surface area contributed by atoms with Crippen LogP contribution < -0.4 is 5.14 Å². The number of benzene rings is 2. The van der Waals surface area contributed by atoms with E-state index in [0.29, 0.717) is 0 Å². The van der Waals surface area contributed by atoms with Gasteiger partial charge in [0.2, 0.25) is 10.0 Å². The van der Waals surface area contributed by atoms with Crippen LogP contribution in [0, 0.1) is 5.82 Å². The average Bonchev–Trinajstić information content (AvgIpc) is 2.51. The molecule has 132 valence electrons. The van der Waals surface area contributed by atoms with E-state index in [9.17, 15) is 22.4 Å². The van der Waals surface area contributed by atoms with Crippen LogP contribution in [-0.2, 0) is 14.8 Å². The molecule has 0 fully saturated rings. The Bertz CT molecular complexity index is 962. The van der Waals surface area contributed by atoms with E-state index in [-0.39, 0.29) is 21.2 Å². The highest BCUT2D eigenvalue weighted by Gasteiger charge is 2.21. The summed E-state index contributed by atoms with van der Waals surface area (Å²) in [5, 5.41) is 4.55. The molecule has 10 heteroatoms. The fourth-order valence-corrected chi connectivity index (χ4v) is 3.25. The predicted molar refractivity (Wildman–Crippen MR) is 88.8 cm³/mol. The lowest BCUT2D eigenvalue weighted by Crippen LogP contribution is -2.17. The second-order valence-electron chi connectivity index (χ2n) is 4.82. The zero-order valence-corrected chi connectivity index (χ0v) is 14.7. The van der Waals surface area contributed by atoms with E-state index in [2.05, 4.69) is 0 Å². The number of halogens is 3. The zero-order valence-electron chi connectivity index (χ0n) is 12.3. The largest absolute Gasteiger partial charge is 0.454 e. The van der Waals surface area contributed by atoms with E-state index in [1.807, 2.05) is 0 Å². The van der Waals surface area contributed by atoms with Gasteiger partial charge in [-0.05, 0) is 24.3 Å². The third kappa shape index (κ3) is 4.76. The van der Waals surface area contributed by atoms with Gasteiger partial charge < -0.3 is 4.74 Å². The number of Topliss-reactive ketones (excluding diaryl/α,β-unsaturated/α-hetero) is 1. The lowest BCUT2D eigenvalue weighted by atomic mass is 10.1. The maximum Gasteiger partial charge on any atom is 0.340 e. The van der Waals surface area contributed by atoms with Crippen LogP contribution in [0.4, 0.5) is 4.39 Å². The first kappa shape index (κ1) is 19.3. The van der Waals surface area contributed by atoms with E-state index >= 15 is 0 Å². The third-order valence-electron chi connectivity index (χ3n) is 3.03. The van der Waals surface area contributed by atoms with E-state index in [1.54, 1.807) is 0 Å². The Hall–Kier alpha value is -2.00. The van der Waals surface area contributed by atoms with Crippen LogP contribution in [-0.4, -0.2) is 26.8 Å². The Morgan fingerprint density at radius 2 is 1.80 bits per heavy atom. The average molecular weight is 406 g/mol. The Morgan fingerprint density at radius 3 is 2.40 bits per heavy atom. The van der Waals surface area contributed by atoms with Crippen molar-refractivity contribution in [2.45, 2.75) is 4.90 Å². The Kier molecular flexibility index (Phi) is 5.79. The summed E-state index contributed by atoms with van der Waals surface area (Å²) < 4.78 is 40.7. The molecule has 0 radical (unpaired) electrons. The number of ether oxygens (including phenoxy) is 1. The molecule has 0 atom stereocenters. The number of carbonyl (C=O) groups excluding carboxylic acids is 2. The number of sulfonamides is 1. The number of rotatable bonds is 5. The standard InChI is InChI=1S/C15H10Cl2FNO5S/c16-11-6-12(17)14(25(19,22)23)5-10(11)15(21)24-7-13(20)8-2-1-3-9(18)4-8/h1-6H,7H2,(H2,19,22,23). The van der Waals surface area contributed by atoms with Gasteiger partial charge in [0, 0.05) is 5.56 Å². The zero-order chi connectivity index (χ0) is 18.8. The lowest BCUT2D eigenvalue weighted by Gasteiger charge is -2.09. The van der Waals surface area contributed by atoms with Crippen molar-refractivity contribution in [3.63, 3.8) is 0 Å². The first-order valence-corrected chi connectivity index (χ1v) is 8.87. The topological polar surface area (TPSA) is 104 Å². The first-order valence-electron chi connectivity index (χ1n) is 6.57. The maximum atomic E-state index is 13.1. The van der Waals surface area contributed by atoms with Crippen LogP contribution in [0.3, 0.4) is 0 Å². The van der Waals surface area contributed by atoms with Crippen molar-refractivity contribution in [1.29, 1.82) is 0 Å². The Labute approximate surface area is 152 Å². The molecule has 0 saturated heterocycles. The summed E-state index contributed by atoms with van der Waals surface area (Å²) in [6.07, 6.45) is 0. The highest BCUT2D eigenvalue weighted by Crippen LogP contribution is 2.28. The molecule has 2 aromatic carbocycles. The number of ketones is 1. The molecule has 25 heavy (non-hydrogen) atoms. The summed E-state index contributed by atoms with van der Waals surface area (Å²) in [7, 11) is -4.19. The van der Waals surface area contributed by atoms with Crippen molar-refractivity contribution >= 4 is 45.0 Å². The van der Waals surface area contributed by atoms with E-state index in [4.69, 9.17) is 33.1 Å². The first-order chi connectivity index (χ1) is 11.6. The van der Waals surface area contributed by atoms with E-state index in [1.165, 1.54) is 12.1 Å². The molecule has 2 aromatic rings. The van der Waals surface area contributed by atoms with Gasteiger partial charge in [0.1, 0.15) is 10.7 Å².